The molecule has 0 saturated carbocycles. The van der Waals surface area contributed by atoms with Gasteiger partial charge in [0.2, 0.25) is 0 Å². The number of thiazole rings is 1. The molecule has 4 aromatic rings. The molecule has 3 aromatic heterocycles. The summed E-state index contributed by atoms with van der Waals surface area (Å²) in [5.74, 6) is 1.47. The topological polar surface area (TPSA) is 156 Å². The predicted molar refractivity (Wildman–Crippen MR) is 156 cm³/mol. The fourth-order valence-corrected chi connectivity index (χ4v) is 7.98. The molecule has 218 valence electrons. The number of sulfonamides is 1. The molecule has 4 heterocycles. The summed E-state index contributed by atoms with van der Waals surface area (Å²) in [7, 11) is -2.51. The van der Waals surface area contributed by atoms with Gasteiger partial charge in [-0.25, -0.2) is 28.2 Å². The van der Waals surface area contributed by atoms with Crippen LogP contribution >= 0.6 is 11.3 Å². The van der Waals surface area contributed by atoms with Crippen LogP contribution in [0, 0.1) is 20.8 Å². The average Bonchev–Trinajstić information content (AvgIpc) is 3.49. The van der Waals surface area contributed by atoms with Gasteiger partial charge in [0, 0.05) is 55.3 Å². The van der Waals surface area contributed by atoms with E-state index in [0.29, 0.717) is 38.4 Å². The van der Waals surface area contributed by atoms with Crippen LogP contribution in [-0.4, -0.2) is 89.7 Å². The van der Waals surface area contributed by atoms with Crippen molar-refractivity contribution in [2.75, 3.05) is 50.5 Å². The molecule has 41 heavy (non-hydrogen) atoms. The summed E-state index contributed by atoms with van der Waals surface area (Å²) >= 11 is 0.922. The van der Waals surface area contributed by atoms with Crippen molar-refractivity contribution < 1.29 is 22.5 Å². The van der Waals surface area contributed by atoms with Crippen molar-refractivity contribution in [3.63, 3.8) is 0 Å². The van der Waals surface area contributed by atoms with Crippen LogP contribution in [0.1, 0.15) is 24.1 Å². The molecule has 5 rings (SSSR count). The number of fused-ring (bicyclic) bond motifs is 1. The first-order valence-corrected chi connectivity index (χ1v) is 15.3. The minimum Gasteiger partial charge on any atom is -0.453 e. The van der Waals surface area contributed by atoms with Crippen molar-refractivity contribution in [2.45, 2.75) is 37.9 Å². The van der Waals surface area contributed by atoms with E-state index in [1.165, 1.54) is 11.4 Å². The van der Waals surface area contributed by atoms with Crippen molar-refractivity contribution in [1.29, 1.82) is 0 Å². The summed E-state index contributed by atoms with van der Waals surface area (Å²) in [6, 6.07) is 6.01. The van der Waals surface area contributed by atoms with Gasteiger partial charge in [0.1, 0.15) is 17.9 Å². The van der Waals surface area contributed by atoms with Crippen molar-refractivity contribution in [2.24, 2.45) is 0 Å². The largest absolute Gasteiger partial charge is 0.453 e. The van der Waals surface area contributed by atoms with Gasteiger partial charge in [0.05, 0.1) is 24.0 Å². The number of nitrogens with zero attached hydrogens (tertiary/aromatic N) is 6. The lowest BCUT2D eigenvalue weighted by Crippen LogP contribution is -2.50. The number of rotatable bonds is 8. The van der Waals surface area contributed by atoms with Gasteiger partial charge in [-0.05, 0) is 33.8 Å². The molecule has 1 aromatic carbocycles. The van der Waals surface area contributed by atoms with Gasteiger partial charge in [-0.15, -0.1) is 0 Å². The molecular weight excluding hydrogens is 568 g/mol. The first kappa shape index (κ1) is 28.9. The highest BCUT2D eigenvalue weighted by Gasteiger charge is 2.32. The Kier molecular flexibility index (Phi) is 8.22. The van der Waals surface area contributed by atoms with E-state index in [1.54, 1.807) is 13.3 Å². The maximum Gasteiger partial charge on any atom is 0.413 e. The standard InChI is InChI=1S/C26H32N8O5S2/c1-15(29-23-20-8-6-7-19(22(20)27-14-28-23)21-16(2)32-39-18(21)4)13-33-9-11-34(12-10-33)41(36,37)24-17(3)30-25(40-24)31-26(35)38-5/h6-8,14-15H,9-13H2,1-5H3,(H,27,28,29)(H,30,31,35). The Hall–Kier alpha value is -3.66. The molecule has 0 bridgehead atoms. The number of carbonyl (C=O) groups is 1. The van der Waals surface area contributed by atoms with E-state index in [1.807, 2.05) is 32.0 Å². The average molecular weight is 601 g/mol. The van der Waals surface area contributed by atoms with Crippen molar-refractivity contribution >= 4 is 49.3 Å². The smallest absolute Gasteiger partial charge is 0.413 e. The lowest BCUT2D eigenvalue weighted by molar-refractivity contribution is 0.184. The molecule has 0 spiro atoms. The molecule has 0 aliphatic carbocycles. The van der Waals surface area contributed by atoms with Crippen LogP contribution in [0.15, 0.2) is 33.3 Å². The van der Waals surface area contributed by atoms with Gasteiger partial charge in [-0.2, -0.15) is 4.31 Å². The van der Waals surface area contributed by atoms with Gasteiger partial charge >= 0.3 is 6.09 Å². The number of aromatic nitrogens is 4. The maximum absolute atomic E-state index is 13.3. The molecule has 13 nitrogen and oxygen atoms in total. The summed E-state index contributed by atoms with van der Waals surface area (Å²) in [5.41, 5.74) is 3.84. The van der Waals surface area contributed by atoms with E-state index < -0.39 is 16.1 Å². The number of hydrogen-bond acceptors (Lipinski definition) is 12. The van der Waals surface area contributed by atoms with E-state index in [2.05, 4.69) is 47.3 Å². The normalized spacial score (nSPS) is 15.6. The van der Waals surface area contributed by atoms with Crippen LogP contribution < -0.4 is 10.6 Å². The fraction of sp³-hybridized carbons (Fsp3) is 0.423. The number of aryl methyl sites for hydroxylation is 3. The second-order valence-corrected chi connectivity index (χ2v) is 13.0. The molecule has 1 unspecified atom stereocenters. The highest BCUT2D eigenvalue weighted by molar-refractivity contribution is 7.91. The Labute approximate surface area is 242 Å². The number of para-hydroxylation sites is 1. The molecule has 1 atom stereocenters. The highest BCUT2D eigenvalue weighted by Crippen LogP contribution is 2.34. The Balaban J connectivity index is 1.23. The zero-order chi connectivity index (χ0) is 29.3. The fourth-order valence-electron chi connectivity index (χ4n) is 5.02. The number of methoxy groups -OCH3 is 1. The van der Waals surface area contributed by atoms with E-state index >= 15 is 0 Å². The number of carbonyl (C=O) groups excluding carboxylic acids is 1. The third-order valence-corrected chi connectivity index (χ3v) is 10.5. The summed E-state index contributed by atoms with van der Waals surface area (Å²) in [6.45, 7) is 10.1. The summed E-state index contributed by atoms with van der Waals surface area (Å²) < 4.78 is 38.2. The molecule has 1 amide bonds. The summed E-state index contributed by atoms with van der Waals surface area (Å²) in [6.07, 6.45) is 0.853. The predicted octanol–water partition coefficient (Wildman–Crippen LogP) is 3.65. The first-order chi connectivity index (χ1) is 19.6. The minimum absolute atomic E-state index is 0.0367. The number of piperazine rings is 1. The first-order valence-electron chi connectivity index (χ1n) is 13.1. The molecule has 2 N–H and O–H groups in total. The van der Waals surface area contributed by atoms with Crippen molar-refractivity contribution in [3.05, 3.63) is 41.7 Å². The summed E-state index contributed by atoms with van der Waals surface area (Å²) in [5, 5.41) is 11.1. The number of benzene rings is 1. The Morgan fingerprint density at radius 2 is 1.90 bits per heavy atom. The van der Waals surface area contributed by atoms with E-state index in [9.17, 15) is 13.2 Å². The Morgan fingerprint density at radius 1 is 1.15 bits per heavy atom. The summed E-state index contributed by atoms with van der Waals surface area (Å²) in [4.78, 5) is 27.0. The minimum atomic E-state index is -3.74. The lowest BCUT2D eigenvalue weighted by atomic mass is 10.0. The number of amides is 1. The maximum atomic E-state index is 13.3. The number of ether oxygens (including phenoxy) is 1. The number of anilines is 2. The zero-order valence-corrected chi connectivity index (χ0v) is 25.1. The number of nitrogens with one attached hydrogen (secondary N) is 2. The second kappa shape index (κ2) is 11.7. The van der Waals surface area contributed by atoms with Crippen molar-refractivity contribution in [1.82, 2.24) is 29.3 Å². The van der Waals surface area contributed by atoms with Gasteiger partial charge in [-0.1, -0.05) is 28.6 Å². The third-order valence-electron chi connectivity index (χ3n) is 6.94. The van der Waals surface area contributed by atoms with Crippen LogP contribution in [0.25, 0.3) is 22.0 Å². The Bertz CT molecular complexity index is 1660. The lowest BCUT2D eigenvalue weighted by Gasteiger charge is -2.35. The highest BCUT2D eigenvalue weighted by atomic mass is 32.2. The van der Waals surface area contributed by atoms with E-state index in [4.69, 9.17) is 4.52 Å². The van der Waals surface area contributed by atoms with Gasteiger partial charge in [0.25, 0.3) is 10.0 Å². The van der Waals surface area contributed by atoms with Crippen molar-refractivity contribution in [3.8, 4) is 11.1 Å². The van der Waals surface area contributed by atoms with Crippen LogP contribution in [0.4, 0.5) is 15.7 Å². The molecular formula is C26H32N8O5S2. The quantitative estimate of drug-likeness (QED) is 0.304. The monoisotopic (exact) mass is 600 g/mol. The number of hydrogen-bond donors (Lipinski definition) is 2. The molecule has 15 heteroatoms. The van der Waals surface area contributed by atoms with Crippen LogP contribution in [0.5, 0.6) is 0 Å². The molecule has 1 fully saturated rings. The molecule has 1 aliphatic rings. The van der Waals surface area contributed by atoms with Crippen LogP contribution in [-0.2, 0) is 14.8 Å². The molecule has 0 radical (unpaired) electrons. The zero-order valence-electron chi connectivity index (χ0n) is 23.5. The molecule has 1 aliphatic heterocycles. The SMILES string of the molecule is COC(=O)Nc1nc(C)c(S(=O)(=O)N2CCN(CC(C)Nc3ncnc4c(-c5c(C)noc5C)cccc34)CC2)s1. The van der Waals surface area contributed by atoms with Crippen LogP contribution in [0.2, 0.25) is 0 Å². The van der Waals surface area contributed by atoms with Crippen LogP contribution in [0.3, 0.4) is 0 Å². The Morgan fingerprint density at radius 3 is 2.59 bits per heavy atom. The van der Waals surface area contributed by atoms with Gasteiger partial charge in [0.15, 0.2) is 9.34 Å². The van der Waals surface area contributed by atoms with Gasteiger partial charge < -0.3 is 14.6 Å². The van der Waals surface area contributed by atoms with E-state index in [0.717, 1.165) is 50.6 Å². The molecule has 1 saturated heterocycles. The third kappa shape index (κ3) is 5.88. The van der Waals surface area contributed by atoms with Gasteiger partial charge in [-0.3, -0.25) is 10.2 Å². The van der Waals surface area contributed by atoms with E-state index in [-0.39, 0.29) is 15.4 Å². The second-order valence-electron chi connectivity index (χ2n) is 9.88.